The topological polar surface area (TPSA) is 6.48 Å². The average molecular weight is 737 g/mol. The van der Waals surface area contributed by atoms with E-state index in [0.29, 0.717) is 5.92 Å². The molecule has 0 radical (unpaired) electrons. The maximum absolute atomic E-state index is 4.30. The zero-order valence-electron chi connectivity index (χ0n) is 33.3. The Morgan fingerprint density at radius 1 is 0.561 bits per heavy atom. The summed E-state index contributed by atoms with van der Waals surface area (Å²) in [6.07, 6.45) is 7.73. The van der Waals surface area contributed by atoms with Crippen LogP contribution in [-0.2, 0) is 5.41 Å². The molecule has 0 aromatic heterocycles. The van der Waals surface area contributed by atoms with Crippen LogP contribution in [0.15, 0.2) is 194 Å². The second-order valence-electron chi connectivity index (χ2n) is 16.0. The van der Waals surface area contributed by atoms with Crippen LogP contribution in [0.1, 0.15) is 66.5 Å². The molecule has 2 aliphatic carbocycles. The van der Waals surface area contributed by atoms with Crippen molar-refractivity contribution in [1.29, 1.82) is 0 Å². The highest BCUT2D eigenvalue weighted by Gasteiger charge is 2.37. The molecule has 57 heavy (non-hydrogen) atoms. The quantitative estimate of drug-likeness (QED) is 0.146. The molecule has 7 aromatic carbocycles. The van der Waals surface area contributed by atoms with E-state index in [1.54, 1.807) is 0 Å². The molecule has 0 aliphatic heterocycles. The first-order chi connectivity index (χ1) is 27.8. The van der Waals surface area contributed by atoms with Crippen LogP contribution in [0.2, 0.25) is 0 Å². The van der Waals surface area contributed by atoms with Crippen molar-refractivity contribution in [3.05, 3.63) is 228 Å². The number of anilines is 6. The fourth-order valence-corrected chi connectivity index (χ4v) is 8.98. The van der Waals surface area contributed by atoms with Crippen molar-refractivity contribution in [3.8, 4) is 11.1 Å². The van der Waals surface area contributed by atoms with Crippen LogP contribution in [0.3, 0.4) is 0 Å². The lowest BCUT2D eigenvalue weighted by molar-refractivity contribution is 0.654. The molecule has 9 rings (SSSR count). The number of hydrogen-bond acceptors (Lipinski definition) is 2. The summed E-state index contributed by atoms with van der Waals surface area (Å²) in [4.78, 5) is 4.72. The zero-order chi connectivity index (χ0) is 39.1. The first-order valence-electron chi connectivity index (χ1n) is 20.1. The van der Waals surface area contributed by atoms with E-state index in [-0.39, 0.29) is 5.41 Å². The fraction of sp³-hybridized carbons (Fsp3) is 0.127. The second kappa shape index (κ2) is 14.8. The molecule has 2 heteroatoms. The summed E-state index contributed by atoms with van der Waals surface area (Å²) < 4.78 is 0. The Hall–Kier alpha value is -6.64. The van der Waals surface area contributed by atoms with Gasteiger partial charge in [0.15, 0.2) is 0 Å². The van der Waals surface area contributed by atoms with E-state index in [4.69, 9.17) is 0 Å². The van der Waals surface area contributed by atoms with Crippen LogP contribution in [0.5, 0.6) is 0 Å². The fourth-order valence-electron chi connectivity index (χ4n) is 8.98. The minimum atomic E-state index is -0.200. The van der Waals surface area contributed by atoms with Crippen molar-refractivity contribution in [3.63, 3.8) is 0 Å². The van der Waals surface area contributed by atoms with Gasteiger partial charge in [0.25, 0.3) is 0 Å². The molecule has 0 saturated heterocycles. The van der Waals surface area contributed by atoms with Crippen molar-refractivity contribution in [2.24, 2.45) is 0 Å². The molecule has 1 atom stereocenters. The summed E-state index contributed by atoms with van der Waals surface area (Å²) >= 11 is 0. The minimum Gasteiger partial charge on any atom is -0.310 e. The lowest BCUT2D eigenvalue weighted by Gasteiger charge is -2.28. The molecular formula is C55H48N2. The lowest BCUT2D eigenvalue weighted by atomic mass is 9.80. The summed E-state index contributed by atoms with van der Waals surface area (Å²) in [7, 11) is 0. The number of para-hydroxylation sites is 2. The first-order valence-corrected chi connectivity index (χ1v) is 20.1. The predicted octanol–water partition coefficient (Wildman–Crippen LogP) is 15.4. The van der Waals surface area contributed by atoms with Crippen LogP contribution in [-0.4, -0.2) is 0 Å². The minimum absolute atomic E-state index is 0.200. The van der Waals surface area contributed by atoms with Crippen LogP contribution < -0.4 is 9.80 Å². The van der Waals surface area contributed by atoms with E-state index in [2.05, 4.69) is 232 Å². The Kier molecular flexibility index (Phi) is 9.34. The number of fused-ring (bicyclic) bond motifs is 2. The van der Waals surface area contributed by atoms with Crippen molar-refractivity contribution < 1.29 is 0 Å². The van der Waals surface area contributed by atoms with E-state index in [9.17, 15) is 0 Å². The molecule has 7 aromatic rings. The normalized spacial score (nSPS) is 15.2. The highest BCUT2D eigenvalue weighted by atomic mass is 15.1. The van der Waals surface area contributed by atoms with Crippen LogP contribution in [0.25, 0.3) is 22.8 Å². The van der Waals surface area contributed by atoms with Gasteiger partial charge in [-0.1, -0.05) is 143 Å². The lowest BCUT2D eigenvalue weighted by Crippen LogP contribution is -2.17. The number of rotatable bonds is 9. The monoisotopic (exact) mass is 736 g/mol. The highest BCUT2D eigenvalue weighted by molar-refractivity contribution is 5.94. The summed E-state index contributed by atoms with van der Waals surface area (Å²) in [6.45, 7) is 13.5. The molecule has 2 aliphatic rings. The van der Waals surface area contributed by atoms with Gasteiger partial charge in [-0.3, -0.25) is 0 Å². The molecule has 0 N–H and O–H groups in total. The predicted molar refractivity (Wildman–Crippen MR) is 244 cm³/mol. The van der Waals surface area contributed by atoms with Gasteiger partial charge in [-0.15, -0.1) is 0 Å². The van der Waals surface area contributed by atoms with Gasteiger partial charge in [0.05, 0.1) is 0 Å². The van der Waals surface area contributed by atoms with E-state index >= 15 is 0 Å². The largest absolute Gasteiger partial charge is 0.310 e. The molecule has 2 nitrogen and oxygen atoms in total. The third-order valence-electron chi connectivity index (χ3n) is 12.0. The SMILES string of the molecule is C=CC1=C(c2ccccc2C)c2ccc(N(c3ccccc3)c3ccc(-c4ccc(N(c5ccccc5)c5ccc6c(c5)C=CCC6C)cc4)cc3)cc2C1(C)C. The summed E-state index contributed by atoms with van der Waals surface area (Å²) in [6, 6.07) is 61.9. The number of aryl methyl sites for hydroxylation is 1. The van der Waals surface area contributed by atoms with E-state index < -0.39 is 0 Å². The third-order valence-corrected chi connectivity index (χ3v) is 12.0. The molecular weight excluding hydrogens is 689 g/mol. The summed E-state index contributed by atoms with van der Waals surface area (Å²) in [5, 5.41) is 0. The third kappa shape index (κ3) is 6.51. The Morgan fingerprint density at radius 3 is 1.65 bits per heavy atom. The second-order valence-corrected chi connectivity index (χ2v) is 16.0. The smallest absolute Gasteiger partial charge is 0.0467 e. The molecule has 0 bridgehead atoms. The highest BCUT2D eigenvalue weighted by Crippen LogP contribution is 2.51. The van der Waals surface area contributed by atoms with Gasteiger partial charge in [-0.2, -0.15) is 0 Å². The molecule has 0 amide bonds. The molecule has 0 saturated carbocycles. The van der Waals surface area contributed by atoms with E-state index in [1.165, 1.54) is 55.7 Å². The number of hydrogen-bond donors (Lipinski definition) is 0. The average Bonchev–Trinajstić information content (AvgIpc) is 3.47. The Labute approximate surface area is 338 Å². The van der Waals surface area contributed by atoms with E-state index in [1.807, 2.05) is 0 Å². The van der Waals surface area contributed by atoms with Crippen molar-refractivity contribution >= 4 is 45.8 Å². The van der Waals surface area contributed by atoms with Gasteiger partial charge in [-0.05, 0) is 148 Å². The van der Waals surface area contributed by atoms with Crippen LogP contribution in [0.4, 0.5) is 34.1 Å². The number of nitrogens with zero attached hydrogens (tertiary/aromatic N) is 2. The summed E-state index contributed by atoms with van der Waals surface area (Å²) in [5.41, 5.74) is 19.4. The number of allylic oxidation sites excluding steroid dienone is 3. The molecule has 1 unspecified atom stereocenters. The summed E-state index contributed by atoms with van der Waals surface area (Å²) in [5.74, 6) is 0.538. The Balaban J connectivity index is 1.05. The van der Waals surface area contributed by atoms with Gasteiger partial charge < -0.3 is 9.80 Å². The van der Waals surface area contributed by atoms with Gasteiger partial charge in [0, 0.05) is 39.5 Å². The molecule has 0 fully saturated rings. The zero-order valence-corrected chi connectivity index (χ0v) is 33.3. The van der Waals surface area contributed by atoms with Gasteiger partial charge in [-0.25, -0.2) is 0 Å². The van der Waals surface area contributed by atoms with Gasteiger partial charge in [0.2, 0.25) is 0 Å². The van der Waals surface area contributed by atoms with E-state index in [0.717, 1.165) is 40.5 Å². The first kappa shape index (κ1) is 36.0. The van der Waals surface area contributed by atoms with Crippen molar-refractivity contribution in [2.75, 3.05) is 9.80 Å². The maximum atomic E-state index is 4.30. The maximum Gasteiger partial charge on any atom is 0.0467 e. The van der Waals surface area contributed by atoms with Crippen LogP contribution in [0, 0.1) is 6.92 Å². The Bertz CT molecular complexity index is 2650. The van der Waals surface area contributed by atoms with Crippen molar-refractivity contribution in [1.82, 2.24) is 0 Å². The molecule has 0 heterocycles. The van der Waals surface area contributed by atoms with Gasteiger partial charge >= 0.3 is 0 Å². The van der Waals surface area contributed by atoms with Gasteiger partial charge in [0.1, 0.15) is 0 Å². The standard InChI is InChI=1S/C55H48N2/c1-6-52-54(50-23-14-13-16-39(50)3)51-35-33-48(37-53(51)55(52,4)5)57(44-21-11-8-12-22-44)46-30-26-41(27-31-46)40-24-28-45(29-25-40)56(43-19-9-7-10-20-43)47-32-34-49-38(2)17-15-18-42(49)36-47/h6-16,18-38H,1,17H2,2-5H3. The molecule has 278 valence electrons. The molecule has 0 spiro atoms. The Morgan fingerprint density at radius 2 is 1.07 bits per heavy atom. The van der Waals surface area contributed by atoms with Crippen molar-refractivity contribution in [2.45, 2.75) is 45.4 Å². The van der Waals surface area contributed by atoms with Crippen LogP contribution >= 0.6 is 0 Å². The number of benzene rings is 7.